The van der Waals surface area contributed by atoms with Gasteiger partial charge >= 0.3 is 0 Å². The zero-order chi connectivity index (χ0) is 21.8. The fourth-order valence-electron chi connectivity index (χ4n) is 10.5. The van der Waals surface area contributed by atoms with Gasteiger partial charge in [-0.1, -0.05) is 20.8 Å². The van der Waals surface area contributed by atoms with Gasteiger partial charge in [-0.05, 0) is 74.0 Å². The average Bonchev–Trinajstić information content (AvgIpc) is 3.43. The first-order valence-corrected chi connectivity index (χ1v) is 12.9. The van der Waals surface area contributed by atoms with Crippen molar-refractivity contribution >= 4 is 0 Å². The summed E-state index contributed by atoms with van der Waals surface area (Å²) < 4.78 is 25.1. The quantitative estimate of drug-likeness (QED) is 0.651. The Morgan fingerprint density at radius 1 is 0.774 bits per heavy atom. The third-order valence-electron chi connectivity index (χ3n) is 11.5. The highest BCUT2D eigenvalue weighted by molar-refractivity contribution is 5.21. The van der Waals surface area contributed by atoms with Crippen LogP contribution in [-0.2, 0) is 18.9 Å². The molecular weight excluding hydrogens is 392 g/mol. The monoisotopic (exact) mass is 434 g/mol. The topological polar surface area (TPSA) is 57.2 Å². The predicted octanol–water partition coefficient (Wildman–Crippen LogP) is 4.66. The summed E-state index contributed by atoms with van der Waals surface area (Å²) in [6.07, 6.45) is 9.50. The van der Waals surface area contributed by atoms with Crippen LogP contribution in [0.3, 0.4) is 0 Å². The van der Waals surface area contributed by atoms with Crippen molar-refractivity contribution in [2.75, 3.05) is 26.4 Å². The van der Waals surface area contributed by atoms with Crippen molar-refractivity contribution in [1.82, 2.24) is 0 Å². The molecule has 4 saturated carbocycles. The Bertz CT molecular complexity index is 738. The summed E-state index contributed by atoms with van der Waals surface area (Å²) in [4.78, 5) is 0. The Hall–Kier alpha value is -0.200. The molecule has 2 spiro atoms. The molecule has 2 saturated heterocycles. The zero-order valence-corrected chi connectivity index (χ0v) is 20.0. The molecule has 4 aliphatic carbocycles. The minimum Gasteiger partial charge on any atom is -0.390 e. The normalized spacial score (nSPS) is 54.7. The maximum Gasteiger partial charge on any atom is 0.174 e. The van der Waals surface area contributed by atoms with E-state index < -0.39 is 11.4 Å². The summed E-state index contributed by atoms with van der Waals surface area (Å²) in [6, 6.07) is 0. The van der Waals surface area contributed by atoms with E-state index in [9.17, 15) is 5.11 Å². The second-order valence-corrected chi connectivity index (χ2v) is 12.6. The molecule has 5 heteroatoms. The molecule has 6 rings (SSSR count). The van der Waals surface area contributed by atoms with Crippen LogP contribution in [0.15, 0.2) is 0 Å². The molecule has 0 aromatic carbocycles. The van der Waals surface area contributed by atoms with Gasteiger partial charge in [-0.15, -0.1) is 0 Å². The zero-order valence-electron chi connectivity index (χ0n) is 20.0. The first-order valence-electron chi connectivity index (χ1n) is 12.9. The molecule has 0 amide bonds. The van der Waals surface area contributed by atoms with Crippen LogP contribution in [0.25, 0.3) is 0 Å². The van der Waals surface area contributed by atoms with E-state index in [1.54, 1.807) is 0 Å². The van der Waals surface area contributed by atoms with Crippen LogP contribution in [0.2, 0.25) is 0 Å². The van der Waals surface area contributed by atoms with Crippen molar-refractivity contribution < 1.29 is 24.1 Å². The smallest absolute Gasteiger partial charge is 0.174 e. The van der Waals surface area contributed by atoms with Gasteiger partial charge in [0, 0.05) is 24.7 Å². The lowest BCUT2D eigenvalue weighted by molar-refractivity contribution is -0.311. The average molecular weight is 435 g/mol. The van der Waals surface area contributed by atoms with Crippen LogP contribution in [0.5, 0.6) is 0 Å². The van der Waals surface area contributed by atoms with E-state index in [2.05, 4.69) is 27.7 Å². The highest BCUT2D eigenvalue weighted by Gasteiger charge is 2.74. The molecule has 7 atom stereocenters. The Morgan fingerprint density at radius 2 is 1.45 bits per heavy atom. The molecule has 5 nitrogen and oxygen atoms in total. The Balaban J connectivity index is 1.40. The van der Waals surface area contributed by atoms with Crippen LogP contribution in [0, 0.1) is 34.0 Å². The maximum absolute atomic E-state index is 12.2. The van der Waals surface area contributed by atoms with Gasteiger partial charge in [-0.2, -0.15) is 0 Å². The third kappa shape index (κ3) is 2.51. The van der Waals surface area contributed by atoms with Gasteiger partial charge in [0.2, 0.25) is 0 Å². The Labute approximate surface area is 187 Å². The molecule has 2 aliphatic heterocycles. The van der Waals surface area contributed by atoms with Gasteiger partial charge in [0.25, 0.3) is 0 Å². The molecule has 0 bridgehead atoms. The molecule has 6 fully saturated rings. The van der Waals surface area contributed by atoms with Crippen LogP contribution in [0.1, 0.15) is 85.5 Å². The van der Waals surface area contributed by atoms with Crippen molar-refractivity contribution in [1.29, 1.82) is 0 Å². The SMILES string of the molecule is CC[C@@]12CC[C@@H]3[C@H]([C@@](C)(O)C[C@@]4(C)[C@H]3CCC43OCCO3)[C@@]1(C)CCC1(C2)OCCO1. The van der Waals surface area contributed by atoms with Crippen LogP contribution < -0.4 is 0 Å². The number of fused-ring (bicyclic) bond motifs is 6. The first kappa shape index (κ1) is 21.3. The molecule has 6 aliphatic rings. The molecule has 0 radical (unpaired) electrons. The summed E-state index contributed by atoms with van der Waals surface area (Å²) >= 11 is 0. The van der Waals surface area contributed by atoms with E-state index >= 15 is 0 Å². The second kappa shape index (κ2) is 6.47. The van der Waals surface area contributed by atoms with E-state index in [1.807, 2.05) is 0 Å². The molecule has 31 heavy (non-hydrogen) atoms. The molecule has 1 N–H and O–H groups in total. The van der Waals surface area contributed by atoms with Gasteiger partial charge in [0.05, 0.1) is 32.0 Å². The lowest BCUT2D eigenvalue weighted by atomic mass is 9.36. The number of ether oxygens (including phenoxy) is 4. The minimum absolute atomic E-state index is 0.100. The highest BCUT2D eigenvalue weighted by Crippen LogP contribution is 2.75. The van der Waals surface area contributed by atoms with Crippen molar-refractivity contribution in [3.63, 3.8) is 0 Å². The van der Waals surface area contributed by atoms with Gasteiger partial charge in [-0.3, -0.25) is 0 Å². The Morgan fingerprint density at radius 3 is 2.13 bits per heavy atom. The fraction of sp³-hybridized carbons (Fsp3) is 1.00. The summed E-state index contributed by atoms with van der Waals surface area (Å²) in [7, 11) is 0. The van der Waals surface area contributed by atoms with Gasteiger partial charge in [-0.25, -0.2) is 0 Å². The number of aliphatic hydroxyl groups is 1. The van der Waals surface area contributed by atoms with Gasteiger partial charge in [0.1, 0.15) is 0 Å². The number of rotatable bonds is 1. The van der Waals surface area contributed by atoms with E-state index in [0.717, 1.165) is 51.7 Å². The second-order valence-electron chi connectivity index (χ2n) is 12.6. The van der Waals surface area contributed by atoms with Crippen LogP contribution in [0.4, 0.5) is 0 Å². The number of hydrogen-bond acceptors (Lipinski definition) is 5. The maximum atomic E-state index is 12.2. The lowest BCUT2D eigenvalue weighted by Crippen LogP contribution is -2.69. The van der Waals surface area contributed by atoms with E-state index in [1.165, 1.54) is 19.3 Å². The number of hydrogen-bond donors (Lipinski definition) is 1. The summed E-state index contributed by atoms with van der Waals surface area (Å²) in [5.41, 5.74) is -0.557. The van der Waals surface area contributed by atoms with E-state index in [-0.39, 0.29) is 22.0 Å². The molecule has 0 aromatic heterocycles. The summed E-state index contributed by atoms with van der Waals surface area (Å²) in [5.74, 6) is 0.555. The molecule has 176 valence electrons. The molecule has 2 heterocycles. The fourth-order valence-corrected chi connectivity index (χ4v) is 10.5. The molecule has 0 aromatic rings. The van der Waals surface area contributed by atoms with Crippen molar-refractivity contribution in [3.8, 4) is 0 Å². The first-order chi connectivity index (χ1) is 14.7. The minimum atomic E-state index is -0.722. The van der Waals surface area contributed by atoms with Crippen molar-refractivity contribution in [2.45, 2.75) is 103 Å². The third-order valence-corrected chi connectivity index (χ3v) is 11.5. The predicted molar refractivity (Wildman–Crippen MR) is 116 cm³/mol. The van der Waals surface area contributed by atoms with E-state index in [0.29, 0.717) is 31.0 Å². The molecule has 0 unspecified atom stereocenters. The Kier molecular flexibility index (Phi) is 4.46. The van der Waals surface area contributed by atoms with Crippen LogP contribution in [-0.4, -0.2) is 48.7 Å². The summed E-state index contributed by atoms with van der Waals surface area (Å²) in [6.45, 7) is 12.2. The van der Waals surface area contributed by atoms with Gasteiger partial charge in [0.15, 0.2) is 11.6 Å². The largest absolute Gasteiger partial charge is 0.390 e. The highest BCUT2D eigenvalue weighted by atomic mass is 16.7. The lowest BCUT2D eigenvalue weighted by Gasteiger charge is -2.70. The standard InChI is InChI=1S/C26H42O5/c1-5-24-8-6-18-19-7-9-26(30-14-15-31-26)22(19,3)16-23(4,27)20(18)21(24,2)10-11-25(17-24)28-12-13-29-25/h18-20,27H,5-17H2,1-4H3/t18-,19-,20-,21+,22-,23-,24-/m0/s1. The van der Waals surface area contributed by atoms with Crippen LogP contribution >= 0.6 is 0 Å². The van der Waals surface area contributed by atoms with E-state index in [4.69, 9.17) is 18.9 Å². The molecular formula is C26H42O5. The summed E-state index contributed by atoms with van der Waals surface area (Å²) in [5, 5.41) is 12.2. The van der Waals surface area contributed by atoms with Crippen molar-refractivity contribution in [2.24, 2.45) is 34.0 Å². The van der Waals surface area contributed by atoms with Gasteiger partial charge < -0.3 is 24.1 Å². The van der Waals surface area contributed by atoms with Crippen molar-refractivity contribution in [3.05, 3.63) is 0 Å².